The second kappa shape index (κ2) is 5.53. The van der Waals surface area contributed by atoms with Crippen molar-refractivity contribution in [3.8, 4) is 5.75 Å². The van der Waals surface area contributed by atoms with Gasteiger partial charge in [0.25, 0.3) is 5.91 Å². The standard InChI is InChI=1S/C15H20N2O3/c1-4-15(5-2)13(18)16-14(19)17(15)10-11-7-6-8-12(9-11)20-3/h6-9H,4-5,10H2,1-3H3,(H,16,18,19). The molecule has 1 N–H and O–H groups in total. The van der Waals surface area contributed by atoms with Crippen molar-refractivity contribution in [1.29, 1.82) is 0 Å². The second-order valence-corrected chi connectivity index (χ2v) is 4.94. The summed E-state index contributed by atoms with van der Waals surface area (Å²) in [5.74, 6) is 0.544. The van der Waals surface area contributed by atoms with Gasteiger partial charge in [-0.05, 0) is 30.5 Å². The first-order valence-corrected chi connectivity index (χ1v) is 6.83. The Kier molecular flexibility index (Phi) is 3.97. The highest BCUT2D eigenvalue weighted by molar-refractivity contribution is 6.06. The molecule has 1 heterocycles. The summed E-state index contributed by atoms with van der Waals surface area (Å²) in [7, 11) is 1.60. The molecule has 1 aliphatic rings. The van der Waals surface area contributed by atoms with Crippen LogP contribution in [0.4, 0.5) is 4.79 Å². The van der Waals surface area contributed by atoms with Crippen LogP contribution in [0.25, 0.3) is 0 Å². The van der Waals surface area contributed by atoms with Gasteiger partial charge in [0.15, 0.2) is 0 Å². The van der Waals surface area contributed by atoms with Gasteiger partial charge in [0.1, 0.15) is 11.3 Å². The van der Waals surface area contributed by atoms with Crippen molar-refractivity contribution in [1.82, 2.24) is 10.2 Å². The highest BCUT2D eigenvalue weighted by atomic mass is 16.5. The van der Waals surface area contributed by atoms with Crippen LogP contribution in [0.1, 0.15) is 32.3 Å². The molecule has 5 heteroatoms. The number of imide groups is 1. The van der Waals surface area contributed by atoms with Crippen LogP contribution >= 0.6 is 0 Å². The number of nitrogens with zero attached hydrogens (tertiary/aromatic N) is 1. The maximum atomic E-state index is 12.1. The van der Waals surface area contributed by atoms with Crippen LogP contribution in [0.3, 0.4) is 0 Å². The van der Waals surface area contributed by atoms with Gasteiger partial charge in [-0.2, -0.15) is 0 Å². The Morgan fingerprint density at radius 1 is 1.25 bits per heavy atom. The van der Waals surface area contributed by atoms with Gasteiger partial charge in [-0.1, -0.05) is 26.0 Å². The van der Waals surface area contributed by atoms with Gasteiger partial charge in [0.05, 0.1) is 7.11 Å². The third-order valence-electron chi connectivity index (χ3n) is 4.05. The molecule has 0 saturated carbocycles. The van der Waals surface area contributed by atoms with Gasteiger partial charge < -0.3 is 9.64 Å². The molecule has 20 heavy (non-hydrogen) atoms. The third kappa shape index (κ3) is 2.24. The number of nitrogens with one attached hydrogen (secondary N) is 1. The zero-order valence-electron chi connectivity index (χ0n) is 12.1. The van der Waals surface area contributed by atoms with E-state index in [1.165, 1.54) is 0 Å². The predicted octanol–water partition coefficient (Wildman–Crippen LogP) is 2.31. The van der Waals surface area contributed by atoms with E-state index in [0.29, 0.717) is 19.4 Å². The zero-order valence-corrected chi connectivity index (χ0v) is 12.1. The average molecular weight is 276 g/mol. The van der Waals surface area contributed by atoms with Crippen LogP contribution in [0, 0.1) is 0 Å². The highest BCUT2D eigenvalue weighted by Gasteiger charge is 2.50. The van der Waals surface area contributed by atoms with Crippen molar-refractivity contribution in [2.75, 3.05) is 7.11 Å². The molecule has 0 bridgehead atoms. The molecule has 2 rings (SSSR count). The molecule has 1 aromatic rings. The first-order valence-electron chi connectivity index (χ1n) is 6.83. The van der Waals surface area contributed by atoms with Crippen LogP contribution < -0.4 is 10.1 Å². The summed E-state index contributed by atoms with van der Waals surface area (Å²) in [6.07, 6.45) is 1.20. The van der Waals surface area contributed by atoms with Gasteiger partial charge in [-0.3, -0.25) is 10.1 Å². The Balaban J connectivity index is 2.30. The summed E-state index contributed by atoms with van der Waals surface area (Å²) < 4.78 is 5.19. The Bertz CT molecular complexity index is 524. The maximum absolute atomic E-state index is 12.1. The number of ether oxygens (including phenoxy) is 1. The Hall–Kier alpha value is -2.04. The molecule has 3 amide bonds. The fourth-order valence-electron chi connectivity index (χ4n) is 2.73. The van der Waals surface area contributed by atoms with E-state index in [4.69, 9.17) is 4.74 Å². The molecule has 1 aliphatic heterocycles. The fourth-order valence-corrected chi connectivity index (χ4v) is 2.73. The summed E-state index contributed by atoms with van der Waals surface area (Å²) in [6, 6.07) is 7.22. The molecule has 0 unspecified atom stereocenters. The molecule has 0 atom stereocenters. The minimum absolute atomic E-state index is 0.199. The molecule has 0 radical (unpaired) electrons. The summed E-state index contributed by atoms with van der Waals surface area (Å²) in [5.41, 5.74) is 0.209. The van der Waals surface area contributed by atoms with Crippen molar-refractivity contribution < 1.29 is 14.3 Å². The Morgan fingerprint density at radius 2 is 1.95 bits per heavy atom. The first-order chi connectivity index (χ1) is 9.57. The molecular weight excluding hydrogens is 256 g/mol. The van der Waals surface area contributed by atoms with E-state index in [1.807, 2.05) is 38.1 Å². The molecule has 1 fully saturated rings. The average Bonchev–Trinajstić information content (AvgIpc) is 2.70. The van der Waals surface area contributed by atoms with Gasteiger partial charge in [0, 0.05) is 6.54 Å². The Morgan fingerprint density at radius 3 is 2.55 bits per heavy atom. The number of carbonyl (C=O) groups excluding carboxylic acids is 2. The van der Waals surface area contributed by atoms with Crippen molar-refractivity contribution in [2.45, 2.75) is 38.8 Å². The van der Waals surface area contributed by atoms with Crippen molar-refractivity contribution in [3.05, 3.63) is 29.8 Å². The van der Waals surface area contributed by atoms with Gasteiger partial charge in [-0.25, -0.2) is 4.79 Å². The number of carbonyl (C=O) groups is 2. The number of hydrogen-bond donors (Lipinski definition) is 1. The van der Waals surface area contributed by atoms with Crippen LogP contribution in [-0.4, -0.2) is 29.5 Å². The van der Waals surface area contributed by atoms with Gasteiger partial charge >= 0.3 is 6.03 Å². The maximum Gasteiger partial charge on any atom is 0.325 e. The molecule has 0 aliphatic carbocycles. The third-order valence-corrected chi connectivity index (χ3v) is 4.05. The largest absolute Gasteiger partial charge is 0.497 e. The summed E-state index contributed by atoms with van der Waals surface area (Å²) in [6.45, 7) is 4.26. The van der Waals surface area contributed by atoms with E-state index in [-0.39, 0.29) is 11.9 Å². The van der Waals surface area contributed by atoms with Crippen LogP contribution in [0.2, 0.25) is 0 Å². The summed E-state index contributed by atoms with van der Waals surface area (Å²) in [4.78, 5) is 25.8. The lowest BCUT2D eigenvalue weighted by atomic mass is 9.91. The second-order valence-electron chi connectivity index (χ2n) is 4.94. The Labute approximate surface area is 118 Å². The van der Waals surface area contributed by atoms with Crippen LogP contribution in [0.15, 0.2) is 24.3 Å². The molecule has 0 spiro atoms. The minimum Gasteiger partial charge on any atom is -0.497 e. The quantitative estimate of drug-likeness (QED) is 0.840. The summed E-state index contributed by atoms with van der Waals surface area (Å²) >= 11 is 0. The minimum atomic E-state index is -0.736. The van der Waals surface area contributed by atoms with Crippen LogP contribution in [-0.2, 0) is 11.3 Å². The van der Waals surface area contributed by atoms with E-state index in [9.17, 15) is 9.59 Å². The predicted molar refractivity (Wildman–Crippen MR) is 75.4 cm³/mol. The van der Waals surface area contributed by atoms with Crippen molar-refractivity contribution in [3.63, 3.8) is 0 Å². The molecule has 1 saturated heterocycles. The number of benzene rings is 1. The number of methoxy groups -OCH3 is 1. The topological polar surface area (TPSA) is 58.6 Å². The molecule has 5 nitrogen and oxygen atoms in total. The van der Waals surface area contributed by atoms with Gasteiger partial charge in [0.2, 0.25) is 0 Å². The molecular formula is C15H20N2O3. The van der Waals surface area contributed by atoms with E-state index in [0.717, 1.165) is 11.3 Å². The summed E-state index contributed by atoms with van der Waals surface area (Å²) in [5, 5.41) is 2.43. The molecule has 0 aromatic heterocycles. The zero-order chi connectivity index (χ0) is 14.8. The smallest absolute Gasteiger partial charge is 0.325 e. The lowest BCUT2D eigenvalue weighted by molar-refractivity contribution is -0.127. The van der Waals surface area contributed by atoms with E-state index in [2.05, 4.69) is 5.32 Å². The van der Waals surface area contributed by atoms with Crippen molar-refractivity contribution >= 4 is 11.9 Å². The fraction of sp³-hybridized carbons (Fsp3) is 0.467. The van der Waals surface area contributed by atoms with E-state index in [1.54, 1.807) is 12.0 Å². The number of urea groups is 1. The SMILES string of the molecule is CCC1(CC)C(=O)NC(=O)N1Cc1cccc(OC)c1. The highest BCUT2D eigenvalue weighted by Crippen LogP contribution is 2.31. The van der Waals surface area contributed by atoms with E-state index < -0.39 is 5.54 Å². The van der Waals surface area contributed by atoms with E-state index >= 15 is 0 Å². The van der Waals surface area contributed by atoms with Crippen LogP contribution in [0.5, 0.6) is 5.75 Å². The number of hydrogen-bond acceptors (Lipinski definition) is 3. The lowest BCUT2D eigenvalue weighted by Crippen LogP contribution is -2.48. The normalized spacial score (nSPS) is 17.2. The van der Waals surface area contributed by atoms with Crippen molar-refractivity contribution in [2.24, 2.45) is 0 Å². The van der Waals surface area contributed by atoms with Gasteiger partial charge in [-0.15, -0.1) is 0 Å². The number of rotatable bonds is 5. The molecule has 108 valence electrons. The number of amides is 3. The monoisotopic (exact) mass is 276 g/mol. The molecule has 1 aromatic carbocycles. The first kappa shape index (κ1) is 14.4. The lowest BCUT2D eigenvalue weighted by Gasteiger charge is -2.33.